The van der Waals surface area contributed by atoms with Gasteiger partial charge >= 0.3 is 0 Å². The number of piperazine rings is 1. The van der Waals surface area contributed by atoms with Crippen LogP contribution in [0.1, 0.15) is 21.5 Å². The van der Waals surface area contributed by atoms with Gasteiger partial charge in [-0.1, -0.05) is 30.3 Å². The first-order valence-corrected chi connectivity index (χ1v) is 14.2. The summed E-state index contributed by atoms with van der Waals surface area (Å²) in [6.45, 7) is 4.42. The molecule has 0 spiro atoms. The lowest BCUT2D eigenvalue weighted by atomic mass is 10.1. The number of hydrogen-bond acceptors (Lipinski definition) is 6. The zero-order chi connectivity index (χ0) is 28.0. The van der Waals surface area contributed by atoms with Gasteiger partial charge in [-0.3, -0.25) is 9.59 Å². The Bertz CT molecular complexity index is 1400. The molecular formula is C29H34N4O5S. The van der Waals surface area contributed by atoms with Crippen molar-refractivity contribution in [1.29, 1.82) is 0 Å². The standard InChI is InChI=1S/C29H34N4O5S/c1-22-19-26(13-14-27(22)38-3)39(36,37)33(20-23-7-5-4-6-8-23)21-28(34)30-25-11-9-24(10-12-25)29(35)32-17-15-31(2)16-18-32/h4-14,19H,15-18,20-21H2,1-3H3,(H,30,34). The summed E-state index contributed by atoms with van der Waals surface area (Å²) in [7, 11) is -0.449. The van der Waals surface area contributed by atoms with Gasteiger partial charge in [-0.05, 0) is 67.6 Å². The summed E-state index contributed by atoms with van der Waals surface area (Å²) in [6, 6.07) is 20.4. The van der Waals surface area contributed by atoms with Crippen molar-refractivity contribution < 1.29 is 22.7 Å². The summed E-state index contributed by atoms with van der Waals surface area (Å²) in [6.07, 6.45) is 0. The largest absolute Gasteiger partial charge is 0.496 e. The van der Waals surface area contributed by atoms with Gasteiger partial charge in [0.2, 0.25) is 15.9 Å². The second-order valence-electron chi connectivity index (χ2n) is 9.61. The van der Waals surface area contributed by atoms with Crippen LogP contribution in [0.2, 0.25) is 0 Å². The Balaban J connectivity index is 1.48. The van der Waals surface area contributed by atoms with Crippen LogP contribution in [0.4, 0.5) is 5.69 Å². The Hall–Kier alpha value is -3.73. The number of aryl methyl sites for hydroxylation is 1. The van der Waals surface area contributed by atoms with Crippen LogP contribution >= 0.6 is 0 Å². The molecule has 0 aromatic heterocycles. The number of ether oxygens (including phenoxy) is 1. The van der Waals surface area contributed by atoms with E-state index in [2.05, 4.69) is 10.2 Å². The molecule has 1 aliphatic rings. The molecule has 39 heavy (non-hydrogen) atoms. The molecule has 1 saturated heterocycles. The maximum atomic E-state index is 13.6. The van der Waals surface area contributed by atoms with Gasteiger partial charge in [0.15, 0.2) is 0 Å². The minimum absolute atomic E-state index is 0.0279. The molecule has 206 valence electrons. The van der Waals surface area contributed by atoms with Crippen LogP contribution in [-0.4, -0.2) is 81.2 Å². The Kier molecular flexibility index (Phi) is 9.01. The molecule has 0 saturated carbocycles. The van der Waals surface area contributed by atoms with Crippen molar-refractivity contribution in [2.45, 2.75) is 18.4 Å². The van der Waals surface area contributed by atoms with Gasteiger partial charge in [0, 0.05) is 44.0 Å². The average Bonchev–Trinajstić information content (AvgIpc) is 2.93. The molecule has 0 atom stereocenters. The predicted molar refractivity (Wildman–Crippen MR) is 150 cm³/mol. The number of hydrogen-bond donors (Lipinski definition) is 1. The van der Waals surface area contributed by atoms with E-state index in [0.29, 0.717) is 35.7 Å². The highest BCUT2D eigenvalue weighted by molar-refractivity contribution is 7.89. The number of carbonyl (C=O) groups excluding carboxylic acids is 2. The number of anilines is 1. The van der Waals surface area contributed by atoms with Gasteiger partial charge in [-0.15, -0.1) is 0 Å². The first-order chi connectivity index (χ1) is 18.7. The van der Waals surface area contributed by atoms with Gasteiger partial charge in [-0.25, -0.2) is 8.42 Å². The van der Waals surface area contributed by atoms with Crippen molar-refractivity contribution in [1.82, 2.24) is 14.1 Å². The summed E-state index contributed by atoms with van der Waals surface area (Å²) >= 11 is 0. The molecule has 0 bridgehead atoms. The third-order valence-corrected chi connectivity index (χ3v) is 8.52. The van der Waals surface area contributed by atoms with Crippen molar-refractivity contribution in [3.63, 3.8) is 0 Å². The molecule has 0 aliphatic carbocycles. The second-order valence-corrected chi connectivity index (χ2v) is 11.5. The lowest BCUT2D eigenvalue weighted by Crippen LogP contribution is -2.47. The SMILES string of the molecule is COc1ccc(S(=O)(=O)N(CC(=O)Nc2ccc(C(=O)N3CCN(C)CC3)cc2)Cc2ccccc2)cc1C. The number of sulfonamides is 1. The van der Waals surface area contributed by atoms with E-state index in [9.17, 15) is 18.0 Å². The fourth-order valence-corrected chi connectivity index (χ4v) is 5.89. The molecular weight excluding hydrogens is 516 g/mol. The molecule has 3 aromatic rings. The molecule has 9 nitrogen and oxygen atoms in total. The van der Waals surface area contributed by atoms with E-state index in [-0.39, 0.29) is 23.9 Å². The van der Waals surface area contributed by atoms with Crippen LogP contribution in [0.3, 0.4) is 0 Å². The number of nitrogens with one attached hydrogen (secondary N) is 1. The number of likely N-dealkylation sites (N-methyl/N-ethyl adjacent to an activating group) is 1. The van der Waals surface area contributed by atoms with Crippen molar-refractivity contribution in [3.05, 3.63) is 89.5 Å². The lowest BCUT2D eigenvalue weighted by Gasteiger charge is -2.32. The number of amides is 2. The highest BCUT2D eigenvalue weighted by Gasteiger charge is 2.28. The molecule has 1 fully saturated rings. The van der Waals surface area contributed by atoms with Gasteiger partial charge in [0.05, 0.1) is 18.6 Å². The maximum absolute atomic E-state index is 13.6. The van der Waals surface area contributed by atoms with E-state index in [1.807, 2.05) is 42.3 Å². The smallest absolute Gasteiger partial charge is 0.253 e. The third kappa shape index (κ3) is 7.03. The second kappa shape index (κ2) is 12.4. The Labute approximate surface area is 230 Å². The molecule has 0 radical (unpaired) electrons. The van der Waals surface area contributed by atoms with Crippen LogP contribution in [0.25, 0.3) is 0 Å². The van der Waals surface area contributed by atoms with E-state index >= 15 is 0 Å². The monoisotopic (exact) mass is 550 g/mol. The van der Waals surface area contributed by atoms with E-state index in [0.717, 1.165) is 23.0 Å². The van der Waals surface area contributed by atoms with Crippen molar-refractivity contribution in [2.24, 2.45) is 0 Å². The summed E-state index contributed by atoms with van der Waals surface area (Å²) < 4.78 is 33.7. The third-order valence-electron chi connectivity index (χ3n) is 6.73. The van der Waals surface area contributed by atoms with Crippen LogP contribution in [0.15, 0.2) is 77.7 Å². The molecule has 1 N–H and O–H groups in total. The number of methoxy groups -OCH3 is 1. The summed E-state index contributed by atoms with van der Waals surface area (Å²) in [5.41, 5.74) is 2.45. The average molecular weight is 551 g/mol. The first kappa shape index (κ1) is 28.3. The van der Waals surface area contributed by atoms with Gasteiger partial charge in [0.25, 0.3) is 5.91 Å². The maximum Gasteiger partial charge on any atom is 0.253 e. The van der Waals surface area contributed by atoms with Crippen molar-refractivity contribution in [3.8, 4) is 5.75 Å². The van der Waals surface area contributed by atoms with Crippen LogP contribution < -0.4 is 10.1 Å². The molecule has 4 rings (SSSR count). The number of carbonyl (C=O) groups is 2. The number of nitrogens with zero attached hydrogens (tertiary/aromatic N) is 3. The van der Waals surface area contributed by atoms with Crippen molar-refractivity contribution in [2.75, 3.05) is 52.2 Å². The highest BCUT2D eigenvalue weighted by atomic mass is 32.2. The minimum atomic E-state index is -4.01. The fraction of sp³-hybridized carbons (Fsp3) is 0.310. The number of benzene rings is 3. The van der Waals surface area contributed by atoms with Gasteiger partial charge in [-0.2, -0.15) is 4.31 Å². The van der Waals surface area contributed by atoms with E-state index < -0.39 is 15.9 Å². The molecule has 1 aliphatic heterocycles. The van der Waals surface area contributed by atoms with Crippen molar-refractivity contribution >= 4 is 27.5 Å². The first-order valence-electron chi connectivity index (χ1n) is 12.7. The Morgan fingerprint density at radius 1 is 0.949 bits per heavy atom. The summed E-state index contributed by atoms with van der Waals surface area (Å²) in [4.78, 5) is 29.9. The highest BCUT2D eigenvalue weighted by Crippen LogP contribution is 2.25. The van der Waals surface area contributed by atoms with Gasteiger partial charge < -0.3 is 19.9 Å². The Morgan fingerprint density at radius 3 is 2.23 bits per heavy atom. The Morgan fingerprint density at radius 2 is 1.62 bits per heavy atom. The van der Waals surface area contributed by atoms with E-state index in [1.54, 1.807) is 43.3 Å². The normalized spacial score (nSPS) is 14.3. The van der Waals surface area contributed by atoms with E-state index in [4.69, 9.17) is 4.74 Å². The predicted octanol–water partition coefficient (Wildman–Crippen LogP) is 3.22. The summed E-state index contributed by atoms with van der Waals surface area (Å²) in [5, 5.41) is 2.77. The van der Waals surface area contributed by atoms with Crippen LogP contribution in [0.5, 0.6) is 5.75 Å². The molecule has 0 unspecified atom stereocenters. The molecule has 1 heterocycles. The molecule has 10 heteroatoms. The zero-order valence-corrected chi connectivity index (χ0v) is 23.3. The van der Waals surface area contributed by atoms with E-state index in [1.165, 1.54) is 13.2 Å². The lowest BCUT2D eigenvalue weighted by molar-refractivity contribution is -0.116. The quantitative estimate of drug-likeness (QED) is 0.439. The summed E-state index contributed by atoms with van der Waals surface area (Å²) in [5.74, 6) is 0.0460. The van der Waals surface area contributed by atoms with Gasteiger partial charge in [0.1, 0.15) is 5.75 Å². The fourth-order valence-electron chi connectivity index (χ4n) is 4.42. The molecule has 2 amide bonds. The van der Waals surface area contributed by atoms with Crippen LogP contribution in [0, 0.1) is 6.92 Å². The minimum Gasteiger partial charge on any atom is -0.496 e. The zero-order valence-electron chi connectivity index (χ0n) is 22.5. The number of rotatable bonds is 9. The molecule has 3 aromatic carbocycles. The topological polar surface area (TPSA) is 99.3 Å². The van der Waals surface area contributed by atoms with Crippen LogP contribution in [-0.2, 0) is 21.4 Å².